The minimum absolute atomic E-state index is 0. The summed E-state index contributed by atoms with van der Waals surface area (Å²) < 4.78 is 0. The van der Waals surface area contributed by atoms with Crippen LogP contribution in [0.15, 0.2) is 12.2 Å². The maximum atomic E-state index is 9.51. The van der Waals surface area contributed by atoms with Gasteiger partial charge in [0.2, 0.25) is 0 Å². The van der Waals surface area contributed by atoms with E-state index in [1.807, 2.05) is 0 Å². The van der Waals surface area contributed by atoms with Crippen LogP contribution in [0.2, 0.25) is 0 Å². The predicted octanol–water partition coefficient (Wildman–Crippen LogP) is -0.269. The summed E-state index contributed by atoms with van der Waals surface area (Å²) in [5, 5.41) is 7.83. The van der Waals surface area contributed by atoms with Crippen LogP contribution in [0.25, 0.3) is 0 Å². The van der Waals surface area contributed by atoms with E-state index in [2.05, 4.69) is 0 Å². The van der Waals surface area contributed by atoms with E-state index in [4.69, 9.17) is 5.11 Å². The van der Waals surface area contributed by atoms with Gasteiger partial charge in [0.1, 0.15) is 0 Å². The van der Waals surface area contributed by atoms with Gasteiger partial charge in [0.05, 0.1) is 0 Å². The molecular weight excluding hydrogens is 287 g/mol. The summed E-state index contributed by atoms with van der Waals surface area (Å²) in [6.07, 6.45) is 2.56. The molecule has 3 heteroatoms. The molecule has 0 amide bonds. The Morgan fingerprint density at radius 1 is 1.71 bits per heavy atom. The number of carboxylic acid groups (broad SMARTS) is 1. The summed E-state index contributed by atoms with van der Waals surface area (Å²) >= 11 is 0. The van der Waals surface area contributed by atoms with Crippen LogP contribution in [0.3, 0.4) is 0 Å². The van der Waals surface area contributed by atoms with E-state index in [1.165, 1.54) is 6.08 Å². The number of carboxylic acids is 1. The summed E-state index contributed by atoms with van der Waals surface area (Å²) in [6, 6.07) is 0. The van der Waals surface area contributed by atoms with Crippen molar-refractivity contribution in [3.05, 3.63) is 12.2 Å². The summed E-state index contributed by atoms with van der Waals surface area (Å²) in [4.78, 5) is 9.51. The van der Waals surface area contributed by atoms with E-state index in [1.54, 1.807) is 6.92 Å². The third kappa shape index (κ3) is 10.7. The Bertz CT molecular complexity index is 77.8. The van der Waals surface area contributed by atoms with Gasteiger partial charge in [-0.05, 0) is 6.92 Å². The molecule has 2 nitrogen and oxygen atoms in total. The molecule has 0 unspecified atom stereocenters. The zero-order valence-electron chi connectivity index (χ0n) is 4.22. The third-order valence-electron chi connectivity index (χ3n) is 0.309. The van der Waals surface area contributed by atoms with Crippen LogP contribution in [0, 0.1) is 0 Å². The van der Waals surface area contributed by atoms with Gasteiger partial charge in [-0.3, -0.25) is 0 Å². The Hall–Kier alpha value is 0.132. The summed E-state index contributed by atoms with van der Waals surface area (Å²) in [5.74, 6) is -0.891. The van der Waals surface area contributed by atoms with Crippen LogP contribution in [-0.4, -0.2) is 38.4 Å². The predicted molar refractivity (Wildman–Crippen MR) is 31.0 cm³/mol. The number of allylic oxidation sites excluding steroid dienone is 1. The normalized spacial score (nSPS) is 8.14. The van der Waals surface area contributed by atoms with Crippen LogP contribution in [0.1, 0.15) is 6.92 Å². The minimum atomic E-state index is -0.891. The molecule has 0 aromatic rings. The number of hydrogen-bond acceptors (Lipinski definition) is 1. The van der Waals surface area contributed by atoms with Crippen LogP contribution >= 0.6 is 0 Å². The number of aliphatic carboxylic acids is 1. The Morgan fingerprint density at radius 2 is 2.14 bits per heavy atom. The number of carbonyl (C=O) groups is 1. The molecule has 0 rings (SSSR count). The fraction of sp³-hybridized carbons (Fsp3) is 0.250. The Morgan fingerprint density at radius 3 is 2.14 bits per heavy atom. The van der Waals surface area contributed by atoms with Gasteiger partial charge in [0, 0.05) is 6.08 Å². The van der Waals surface area contributed by atoms with Crippen molar-refractivity contribution in [1.29, 1.82) is 0 Å². The van der Waals surface area contributed by atoms with Crippen molar-refractivity contribution in [1.82, 2.24) is 0 Å². The van der Waals surface area contributed by atoms with Gasteiger partial charge in [-0.25, -0.2) is 4.79 Å². The molecule has 0 aromatic carbocycles. The molecule has 0 saturated heterocycles. The average molecular weight is 295 g/mol. The number of hydrogen-bond donors (Lipinski definition) is 1. The van der Waals surface area contributed by atoms with Crippen molar-refractivity contribution in [3.63, 3.8) is 0 Å². The van der Waals surface area contributed by atoms with Crippen LogP contribution in [-0.2, 0) is 4.79 Å². The van der Waals surface area contributed by atoms with E-state index >= 15 is 0 Å². The molecule has 0 aliphatic carbocycles. The van der Waals surface area contributed by atoms with Gasteiger partial charge in [-0.15, -0.1) is 0 Å². The van der Waals surface area contributed by atoms with Gasteiger partial charge >= 0.3 is 33.3 Å². The monoisotopic (exact) mass is 296 g/mol. The molecule has 0 aromatic heterocycles. The molecule has 0 aliphatic rings. The van der Waals surface area contributed by atoms with Gasteiger partial charge < -0.3 is 5.11 Å². The standard InChI is InChI=1S/C4H6O2.Pb.2H/c1-2-3-4(5)6;;;/h2-3H,1H3,(H,5,6);;;/b3-2+;;;. The number of rotatable bonds is 1. The van der Waals surface area contributed by atoms with E-state index in [9.17, 15) is 4.79 Å². The second-order valence-corrected chi connectivity index (χ2v) is 0.838. The first-order chi connectivity index (χ1) is 2.77. The molecule has 40 valence electrons. The maximum absolute atomic E-state index is 9.51. The van der Waals surface area contributed by atoms with Crippen molar-refractivity contribution in [2.75, 3.05) is 0 Å². The second-order valence-electron chi connectivity index (χ2n) is 0.838. The molecule has 0 saturated carbocycles. The van der Waals surface area contributed by atoms with Gasteiger partial charge in [0.25, 0.3) is 0 Å². The molecular formula is C4H8O2Pb. The first-order valence-electron chi connectivity index (χ1n) is 1.63. The fourth-order valence-electron chi connectivity index (χ4n) is 0.143. The molecule has 0 heterocycles. The van der Waals surface area contributed by atoms with Crippen LogP contribution in [0.5, 0.6) is 0 Å². The third-order valence-corrected chi connectivity index (χ3v) is 0.309. The molecule has 0 atom stereocenters. The van der Waals surface area contributed by atoms with Crippen LogP contribution in [0.4, 0.5) is 0 Å². The van der Waals surface area contributed by atoms with Crippen molar-refractivity contribution in [2.45, 2.75) is 6.92 Å². The zero-order valence-corrected chi connectivity index (χ0v) is 9.71. The van der Waals surface area contributed by atoms with Gasteiger partial charge in [-0.1, -0.05) is 6.08 Å². The van der Waals surface area contributed by atoms with Crippen molar-refractivity contribution >= 4 is 33.3 Å². The topological polar surface area (TPSA) is 37.3 Å². The molecule has 0 fully saturated rings. The quantitative estimate of drug-likeness (QED) is 0.534. The average Bonchev–Trinajstić information content (AvgIpc) is 1.35. The molecule has 1 N–H and O–H groups in total. The summed E-state index contributed by atoms with van der Waals surface area (Å²) in [6.45, 7) is 1.66. The molecule has 0 spiro atoms. The van der Waals surface area contributed by atoms with E-state index in [-0.39, 0.29) is 27.3 Å². The van der Waals surface area contributed by atoms with Crippen LogP contribution < -0.4 is 0 Å². The van der Waals surface area contributed by atoms with Crippen molar-refractivity contribution in [2.24, 2.45) is 0 Å². The van der Waals surface area contributed by atoms with Gasteiger partial charge in [-0.2, -0.15) is 0 Å². The SMILES string of the molecule is C/C=C/C(=O)O.[PbH2]. The van der Waals surface area contributed by atoms with Gasteiger partial charge in [0.15, 0.2) is 0 Å². The molecule has 0 aliphatic heterocycles. The van der Waals surface area contributed by atoms with E-state index in [0.717, 1.165) is 6.08 Å². The second kappa shape index (κ2) is 6.13. The first kappa shape index (κ1) is 10.2. The Balaban J connectivity index is 0. The van der Waals surface area contributed by atoms with E-state index in [0.29, 0.717) is 0 Å². The van der Waals surface area contributed by atoms with Crippen molar-refractivity contribution in [3.8, 4) is 0 Å². The molecule has 2 radical (unpaired) electrons. The van der Waals surface area contributed by atoms with E-state index < -0.39 is 5.97 Å². The van der Waals surface area contributed by atoms with Crippen molar-refractivity contribution < 1.29 is 9.90 Å². The summed E-state index contributed by atoms with van der Waals surface area (Å²) in [7, 11) is 0. The zero-order chi connectivity index (χ0) is 4.99. The Kier molecular flexibility index (Phi) is 8.92. The molecule has 7 heavy (non-hydrogen) atoms. The fourth-order valence-corrected chi connectivity index (χ4v) is 0.143. The summed E-state index contributed by atoms with van der Waals surface area (Å²) in [5.41, 5.74) is 0. The molecule has 0 bridgehead atoms. The Labute approximate surface area is 62.4 Å². The first-order valence-corrected chi connectivity index (χ1v) is 1.63.